The predicted octanol–water partition coefficient (Wildman–Crippen LogP) is 17.7. The molecule has 2 aliphatic rings. The zero-order valence-electron chi connectivity index (χ0n) is 38.6. The number of nitrogens with zero attached hydrogens (tertiary/aromatic N) is 2. The Bertz CT molecular complexity index is 3850. The van der Waals surface area contributed by atoms with Crippen LogP contribution < -0.4 is 4.90 Å². The van der Waals surface area contributed by atoms with Crippen molar-refractivity contribution in [3.8, 4) is 39.1 Å². The minimum atomic E-state index is -0.102. The number of hydrogen-bond acceptors (Lipinski definition) is 1. The summed E-state index contributed by atoms with van der Waals surface area (Å²) >= 11 is 0. The standard InChI is InChI=1S/C66H50N2/c1-43-40-51(36-38-52(43)47-33-39-64-61(42-47)59-23-10-12-29-63(59)68(64)48-18-5-4-6-19-48)67(50-20-13-17-46(41-50)54-24-14-26-56-53-21-8-7-16-44(53)32-37-57(54)56)49-34-30-45(31-35-49)55-25-15-27-60-58-22-9-11-28-62(58)66(2,3)65(55)60/h4-43,52H,1-3H3. The third-order valence-electron chi connectivity index (χ3n) is 15.0. The molecular weight excluding hydrogens is 821 g/mol. The molecule has 2 heteroatoms. The zero-order valence-corrected chi connectivity index (χ0v) is 38.6. The molecule has 0 saturated heterocycles. The van der Waals surface area contributed by atoms with Crippen molar-refractivity contribution in [2.24, 2.45) is 5.92 Å². The van der Waals surface area contributed by atoms with Crippen LogP contribution in [0.5, 0.6) is 0 Å². The smallest absolute Gasteiger partial charge is 0.0541 e. The average molecular weight is 871 g/mol. The molecule has 2 atom stereocenters. The number of anilines is 2. The summed E-state index contributed by atoms with van der Waals surface area (Å²) in [5.74, 6) is 0.456. The minimum absolute atomic E-state index is 0.102. The number of para-hydroxylation sites is 2. The maximum Gasteiger partial charge on any atom is 0.0541 e. The van der Waals surface area contributed by atoms with Crippen LogP contribution in [0.3, 0.4) is 0 Å². The van der Waals surface area contributed by atoms with Gasteiger partial charge in [0, 0.05) is 44.9 Å². The molecule has 0 bridgehead atoms. The van der Waals surface area contributed by atoms with Gasteiger partial charge in [-0.15, -0.1) is 0 Å². The van der Waals surface area contributed by atoms with Crippen LogP contribution >= 0.6 is 0 Å². The van der Waals surface area contributed by atoms with Crippen LogP contribution in [0.4, 0.5) is 11.4 Å². The lowest BCUT2D eigenvalue weighted by atomic mass is 9.79. The summed E-state index contributed by atoms with van der Waals surface area (Å²) in [6, 6.07) is 80.8. The van der Waals surface area contributed by atoms with Gasteiger partial charge in [-0.2, -0.15) is 0 Å². The SMILES string of the molecule is CC1C=C(N(c2ccc(-c3cccc4c3C(C)(C)c3ccccc3-4)cc2)c2cccc(-c3cccc4c3ccc3ccccc34)c2)C=CC1c1ccc2c(c1)c1ccccc1n2-c1ccccc1. The highest BCUT2D eigenvalue weighted by molar-refractivity contribution is 6.12. The van der Waals surface area contributed by atoms with Gasteiger partial charge < -0.3 is 9.47 Å². The Labute approximate surface area is 398 Å². The van der Waals surface area contributed by atoms with Crippen molar-refractivity contribution in [3.63, 3.8) is 0 Å². The van der Waals surface area contributed by atoms with Gasteiger partial charge in [0.25, 0.3) is 0 Å². The lowest BCUT2D eigenvalue weighted by molar-refractivity contribution is 0.629. The highest BCUT2D eigenvalue weighted by atomic mass is 15.1. The van der Waals surface area contributed by atoms with Crippen LogP contribution in [0.25, 0.3) is 82.4 Å². The number of rotatable bonds is 7. The molecule has 0 radical (unpaired) electrons. The Morgan fingerprint density at radius 1 is 0.456 bits per heavy atom. The molecule has 2 unspecified atom stereocenters. The van der Waals surface area contributed by atoms with Crippen molar-refractivity contribution in [2.75, 3.05) is 4.90 Å². The van der Waals surface area contributed by atoms with Crippen molar-refractivity contribution < 1.29 is 0 Å². The maximum atomic E-state index is 2.48. The maximum absolute atomic E-state index is 2.48. The molecule has 0 spiro atoms. The molecular formula is C66H50N2. The van der Waals surface area contributed by atoms with E-state index in [0.29, 0.717) is 0 Å². The molecule has 68 heavy (non-hydrogen) atoms. The van der Waals surface area contributed by atoms with E-state index in [2.05, 4.69) is 267 Å². The zero-order chi connectivity index (χ0) is 45.5. The third kappa shape index (κ3) is 6.32. The summed E-state index contributed by atoms with van der Waals surface area (Å²) in [7, 11) is 0. The minimum Gasteiger partial charge on any atom is -0.311 e. The van der Waals surface area contributed by atoms with E-state index in [1.54, 1.807) is 0 Å². The largest absolute Gasteiger partial charge is 0.311 e. The molecule has 0 N–H and O–H groups in total. The summed E-state index contributed by atoms with van der Waals surface area (Å²) in [6.07, 6.45) is 7.28. The highest BCUT2D eigenvalue weighted by Crippen LogP contribution is 2.52. The normalized spacial score (nSPS) is 16.0. The van der Waals surface area contributed by atoms with E-state index >= 15 is 0 Å². The molecule has 11 aromatic rings. The Morgan fingerprint density at radius 2 is 1.15 bits per heavy atom. The third-order valence-corrected chi connectivity index (χ3v) is 15.0. The first-order valence-corrected chi connectivity index (χ1v) is 24.0. The molecule has 0 fully saturated rings. The Kier molecular flexibility index (Phi) is 9.27. The van der Waals surface area contributed by atoms with Gasteiger partial charge in [0.2, 0.25) is 0 Å². The Morgan fingerprint density at radius 3 is 2.01 bits per heavy atom. The Hall–Kier alpha value is -8.20. The van der Waals surface area contributed by atoms with Crippen molar-refractivity contribution >= 4 is 54.7 Å². The topological polar surface area (TPSA) is 8.17 Å². The second-order valence-corrected chi connectivity index (χ2v) is 19.3. The molecule has 0 saturated carbocycles. The monoisotopic (exact) mass is 870 g/mol. The van der Waals surface area contributed by atoms with Crippen LogP contribution in [0, 0.1) is 5.92 Å². The van der Waals surface area contributed by atoms with Gasteiger partial charge in [0.05, 0.1) is 11.0 Å². The number of benzene rings is 10. The van der Waals surface area contributed by atoms with Crippen LogP contribution in [-0.2, 0) is 5.41 Å². The van der Waals surface area contributed by atoms with E-state index in [1.165, 1.54) is 105 Å². The fraction of sp³-hybridized carbons (Fsp3) is 0.0909. The number of aromatic nitrogens is 1. The average Bonchev–Trinajstić information content (AvgIpc) is 3.84. The van der Waals surface area contributed by atoms with Crippen LogP contribution in [-0.4, -0.2) is 4.57 Å². The molecule has 10 aromatic carbocycles. The van der Waals surface area contributed by atoms with Gasteiger partial charge >= 0.3 is 0 Å². The lowest BCUT2D eigenvalue weighted by Crippen LogP contribution is -2.20. The van der Waals surface area contributed by atoms with Gasteiger partial charge in [-0.05, 0) is 138 Å². The van der Waals surface area contributed by atoms with E-state index in [-0.39, 0.29) is 17.3 Å². The fourth-order valence-electron chi connectivity index (χ4n) is 11.9. The highest BCUT2D eigenvalue weighted by Gasteiger charge is 2.37. The quantitative estimate of drug-likeness (QED) is 0.145. The van der Waals surface area contributed by atoms with Gasteiger partial charge in [0.15, 0.2) is 0 Å². The van der Waals surface area contributed by atoms with E-state index in [9.17, 15) is 0 Å². The molecule has 2 nitrogen and oxygen atoms in total. The molecule has 324 valence electrons. The van der Waals surface area contributed by atoms with Crippen LogP contribution in [0.15, 0.2) is 242 Å². The Balaban J connectivity index is 0.910. The molecule has 0 amide bonds. The summed E-state index contributed by atoms with van der Waals surface area (Å²) in [4.78, 5) is 2.46. The van der Waals surface area contributed by atoms with Gasteiger partial charge in [0.1, 0.15) is 0 Å². The van der Waals surface area contributed by atoms with Gasteiger partial charge in [-0.25, -0.2) is 0 Å². The van der Waals surface area contributed by atoms with E-state index in [1.807, 2.05) is 0 Å². The predicted molar refractivity (Wildman–Crippen MR) is 288 cm³/mol. The summed E-state index contributed by atoms with van der Waals surface area (Å²) < 4.78 is 2.40. The molecule has 13 rings (SSSR count). The number of hydrogen-bond donors (Lipinski definition) is 0. The van der Waals surface area contributed by atoms with Gasteiger partial charge in [-0.3, -0.25) is 0 Å². The van der Waals surface area contributed by atoms with Crippen molar-refractivity contribution in [1.29, 1.82) is 0 Å². The molecule has 0 aliphatic heterocycles. The van der Waals surface area contributed by atoms with Crippen molar-refractivity contribution in [3.05, 3.63) is 259 Å². The fourth-order valence-corrected chi connectivity index (χ4v) is 11.9. The van der Waals surface area contributed by atoms with Crippen molar-refractivity contribution in [2.45, 2.75) is 32.1 Å². The van der Waals surface area contributed by atoms with Crippen molar-refractivity contribution in [1.82, 2.24) is 4.57 Å². The van der Waals surface area contributed by atoms with Crippen LogP contribution in [0.1, 0.15) is 43.4 Å². The van der Waals surface area contributed by atoms with Crippen LogP contribution in [0.2, 0.25) is 0 Å². The van der Waals surface area contributed by atoms with E-state index in [4.69, 9.17) is 0 Å². The lowest BCUT2D eigenvalue weighted by Gasteiger charge is -2.32. The second kappa shape index (κ2) is 15.7. The first-order chi connectivity index (χ1) is 33.4. The summed E-state index contributed by atoms with van der Waals surface area (Å²) in [6.45, 7) is 7.12. The molecule has 1 heterocycles. The van der Waals surface area contributed by atoms with Gasteiger partial charge in [-0.1, -0.05) is 197 Å². The van der Waals surface area contributed by atoms with E-state index in [0.717, 1.165) is 11.4 Å². The second-order valence-electron chi connectivity index (χ2n) is 19.3. The summed E-state index contributed by atoms with van der Waals surface area (Å²) in [5, 5.41) is 7.64. The first kappa shape index (κ1) is 40.1. The molecule has 2 aliphatic carbocycles. The first-order valence-electron chi connectivity index (χ1n) is 24.0. The van der Waals surface area contributed by atoms with E-state index < -0.39 is 0 Å². The number of fused-ring (bicyclic) bond motifs is 9. The number of allylic oxidation sites excluding steroid dienone is 3. The summed E-state index contributed by atoms with van der Waals surface area (Å²) in [5.41, 5.74) is 18.7. The molecule has 1 aromatic heterocycles.